The number of ether oxygens (including phenoxy) is 1. The molecule has 0 aliphatic rings. The summed E-state index contributed by atoms with van der Waals surface area (Å²) in [7, 11) is 1.60. The second-order valence-corrected chi connectivity index (χ2v) is 4.26. The number of hydrogen-bond acceptors (Lipinski definition) is 3. The van der Waals surface area contributed by atoms with Gasteiger partial charge in [-0.05, 0) is 12.1 Å². The smallest absolute Gasteiger partial charge is 0.221 e. The van der Waals surface area contributed by atoms with Gasteiger partial charge < -0.3 is 15.8 Å². The molecule has 3 N–H and O–H groups in total. The molecule has 0 bridgehead atoms. The minimum atomic E-state index is -0.316. The normalized spacial score (nSPS) is 12.2. The number of benzene rings is 1. The topological polar surface area (TPSA) is 64.3 Å². The van der Waals surface area contributed by atoms with Crippen LogP contribution in [0.5, 0.6) is 5.75 Å². The van der Waals surface area contributed by atoms with E-state index in [1.54, 1.807) is 20.1 Å². The molecule has 0 fully saturated rings. The molecule has 1 atom stereocenters. The first-order valence-corrected chi connectivity index (χ1v) is 5.75. The molecule has 0 aliphatic carbocycles. The lowest BCUT2D eigenvalue weighted by atomic mass is 10.1. The van der Waals surface area contributed by atoms with Crippen LogP contribution in [0.1, 0.15) is 12.5 Å². The number of nitrogens with one attached hydrogen (secondary N) is 1. The Kier molecular flexibility index (Phi) is 5.25. The predicted molar refractivity (Wildman–Crippen MR) is 68.1 cm³/mol. The van der Waals surface area contributed by atoms with Crippen LogP contribution in [-0.2, 0) is 11.3 Å². The molecule has 4 nitrogen and oxygen atoms in total. The van der Waals surface area contributed by atoms with Crippen LogP contribution in [0.2, 0.25) is 5.02 Å². The van der Waals surface area contributed by atoms with Crippen molar-refractivity contribution in [2.24, 2.45) is 11.7 Å². The van der Waals surface area contributed by atoms with Crippen molar-refractivity contribution >= 4 is 17.5 Å². The summed E-state index contributed by atoms with van der Waals surface area (Å²) >= 11 is 6.07. The Morgan fingerprint density at radius 3 is 2.88 bits per heavy atom. The Hall–Kier alpha value is -1.26. The summed E-state index contributed by atoms with van der Waals surface area (Å²) in [6.07, 6.45) is 0. The predicted octanol–water partition coefficient (Wildman–Crippen LogP) is 1.56. The fraction of sp³-hybridized carbons (Fsp3) is 0.417. The molecule has 1 aromatic rings. The zero-order chi connectivity index (χ0) is 12.8. The third-order valence-corrected chi connectivity index (χ3v) is 2.89. The summed E-state index contributed by atoms with van der Waals surface area (Å²) in [4.78, 5) is 10.9. The zero-order valence-corrected chi connectivity index (χ0v) is 10.8. The number of halogens is 1. The molecule has 1 aromatic carbocycles. The van der Waals surface area contributed by atoms with Gasteiger partial charge in [0, 0.05) is 29.6 Å². The molecule has 0 aliphatic heterocycles. The molecule has 5 heteroatoms. The molecular weight excluding hydrogens is 240 g/mol. The number of hydrogen-bond donors (Lipinski definition) is 2. The van der Waals surface area contributed by atoms with Crippen LogP contribution >= 0.6 is 11.6 Å². The summed E-state index contributed by atoms with van der Waals surface area (Å²) in [5.74, 6) is 0.212. The van der Waals surface area contributed by atoms with Crippen molar-refractivity contribution in [2.45, 2.75) is 13.5 Å². The van der Waals surface area contributed by atoms with Gasteiger partial charge in [0.1, 0.15) is 5.75 Å². The van der Waals surface area contributed by atoms with Crippen molar-refractivity contribution in [1.29, 1.82) is 0 Å². The number of nitrogens with two attached hydrogens (primary N) is 1. The Morgan fingerprint density at radius 2 is 2.29 bits per heavy atom. The molecule has 0 aromatic heterocycles. The van der Waals surface area contributed by atoms with E-state index in [9.17, 15) is 4.79 Å². The maximum Gasteiger partial charge on any atom is 0.221 e. The van der Waals surface area contributed by atoms with Crippen LogP contribution in [0, 0.1) is 5.92 Å². The Morgan fingerprint density at radius 1 is 1.59 bits per heavy atom. The van der Waals surface area contributed by atoms with Gasteiger partial charge >= 0.3 is 0 Å². The average molecular weight is 257 g/mol. The van der Waals surface area contributed by atoms with Crippen LogP contribution in [0.25, 0.3) is 0 Å². The second kappa shape index (κ2) is 6.47. The van der Waals surface area contributed by atoms with Crippen LogP contribution in [0.3, 0.4) is 0 Å². The largest absolute Gasteiger partial charge is 0.496 e. The molecule has 0 heterocycles. The summed E-state index contributed by atoms with van der Waals surface area (Å²) in [5, 5.41) is 3.78. The molecule has 1 rings (SSSR count). The van der Waals surface area contributed by atoms with E-state index in [1.165, 1.54) is 0 Å². The monoisotopic (exact) mass is 256 g/mol. The van der Waals surface area contributed by atoms with Gasteiger partial charge in [0.15, 0.2) is 0 Å². The van der Waals surface area contributed by atoms with Crippen molar-refractivity contribution in [3.05, 3.63) is 28.8 Å². The molecular formula is C12H17ClN2O2. The maximum atomic E-state index is 10.9. The van der Waals surface area contributed by atoms with E-state index in [-0.39, 0.29) is 11.8 Å². The molecule has 1 unspecified atom stereocenters. The lowest BCUT2D eigenvalue weighted by Crippen LogP contribution is -2.30. The van der Waals surface area contributed by atoms with Crippen molar-refractivity contribution in [3.63, 3.8) is 0 Å². The van der Waals surface area contributed by atoms with E-state index in [1.807, 2.05) is 12.1 Å². The van der Waals surface area contributed by atoms with Gasteiger partial charge in [-0.25, -0.2) is 0 Å². The molecule has 1 amide bonds. The maximum absolute atomic E-state index is 10.9. The van der Waals surface area contributed by atoms with E-state index in [0.29, 0.717) is 18.1 Å². The number of methoxy groups -OCH3 is 1. The van der Waals surface area contributed by atoms with Crippen molar-refractivity contribution < 1.29 is 9.53 Å². The SMILES string of the molecule is COc1cccc(Cl)c1CNCC(C)C(N)=O. The van der Waals surface area contributed by atoms with Crippen molar-refractivity contribution in [2.75, 3.05) is 13.7 Å². The third kappa shape index (κ3) is 3.91. The fourth-order valence-corrected chi connectivity index (χ4v) is 1.65. The number of primary amides is 1. The first kappa shape index (κ1) is 13.8. The zero-order valence-electron chi connectivity index (χ0n) is 10.00. The standard InChI is InChI=1S/C12H17ClN2O2/c1-8(12(14)16)6-15-7-9-10(13)4-3-5-11(9)17-2/h3-5,8,15H,6-7H2,1-2H3,(H2,14,16). The molecule has 0 saturated heterocycles. The van der Waals surface area contributed by atoms with Crippen molar-refractivity contribution in [3.8, 4) is 5.75 Å². The third-order valence-electron chi connectivity index (χ3n) is 2.53. The number of carbonyl (C=O) groups excluding carboxylic acids is 1. The van der Waals surface area contributed by atoms with Gasteiger partial charge in [0.05, 0.1) is 7.11 Å². The molecule has 0 spiro atoms. The van der Waals surface area contributed by atoms with Gasteiger partial charge in [-0.1, -0.05) is 24.6 Å². The summed E-state index contributed by atoms with van der Waals surface area (Å²) in [6.45, 7) is 2.84. The van der Waals surface area contributed by atoms with E-state index < -0.39 is 0 Å². The quantitative estimate of drug-likeness (QED) is 0.812. The molecule has 0 radical (unpaired) electrons. The highest BCUT2D eigenvalue weighted by Gasteiger charge is 2.10. The van der Waals surface area contributed by atoms with Crippen molar-refractivity contribution in [1.82, 2.24) is 5.32 Å². The molecule has 94 valence electrons. The lowest BCUT2D eigenvalue weighted by molar-refractivity contribution is -0.121. The van der Waals surface area contributed by atoms with Crippen LogP contribution in [-0.4, -0.2) is 19.6 Å². The first-order chi connectivity index (χ1) is 8.06. The van der Waals surface area contributed by atoms with E-state index in [2.05, 4.69) is 5.32 Å². The van der Waals surface area contributed by atoms with Gasteiger partial charge in [-0.3, -0.25) is 4.79 Å². The molecule has 0 saturated carbocycles. The Labute approximate surface area is 106 Å². The highest BCUT2D eigenvalue weighted by atomic mass is 35.5. The van der Waals surface area contributed by atoms with Gasteiger partial charge in [0.2, 0.25) is 5.91 Å². The van der Waals surface area contributed by atoms with Gasteiger partial charge in [-0.2, -0.15) is 0 Å². The van der Waals surface area contributed by atoms with Crippen LogP contribution < -0.4 is 15.8 Å². The summed E-state index contributed by atoms with van der Waals surface area (Å²) in [5.41, 5.74) is 6.05. The Balaban J connectivity index is 2.60. The minimum absolute atomic E-state index is 0.205. The number of amides is 1. The summed E-state index contributed by atoms with van der Waals surface area (Å²) < 4.78 is 5.22. The number of carbonyl (C=O) groups is 1. The second-order valence-electron chi connectivity index (χ2n) is 3.85. The average Bonchev–Trinajstić information content (AvgIpc) is 2.30. The number of rotatable bonds is 6. The van der Waals surface area contributed by atoms with E-state index in [0.717, 1.165) is 11.3 Å². The Bertz CT molecular complexity index is 396. The first-order valence-electron chi connectivity index (χ1n) is 5.37. The highest BCUT2D eigenvalue weighted by molar-refractivity contribution is 6.31. The minimum Gasteiger partial charge on any atom is -0.496 e. The summed E-state index contributed by atoms with van der Waals surface area (Å²) in [6, 6.07) is 5.48. The van der Waals surface area contributed by atoms with E-state index >= 15 is 0 Å². The van der Waals surface area contributed by atoms with Gasteiger partial charge in [-0.15, -0.1) is 0 Å². The van der Waals surface area contributed by atoms with Crippen LogP contribution in [0.15, 0.2) is 18.2 Å². The van der Waals surface area contributed by atoms with Gasteiger partial charge in [0.25, 0.3) is 0 Å². The lowest BCUT2D eigenvalue weighted by Gasteiger charge is -2.13. The fourth-order valence-electron chi connectivity index (χ4n) is 1.42. The van der Waals surface area contributed by atoms with E-state index in [4.69, 9.17) is 22.1 Å². The van der Waals surface area contributed by atoms with Crippen LogP contribution in [0.4, 0.5) is 0 Å². The molecule has 17 heavy (non-hydrogen) atoms. The highest BCUT2D eigenvalue weighted by Crippen LogP contribution is 2.25.